The average Bonchev–Trinajstić information content (AvgIpc) is 2.79. The first-order valence-corrected chi connectivity index (χ1v) is 5.34. The topological polar surface area (TPSA) is 136 Å². The smallest absolute Gasteiger partial charge is 0.326 e. The van der Waals surface area contributed by atoms with Crippen LogP contribution in [0.3, 0.4) is 0 Å². The van der Waals surface area contributed by atoms with Crippen LogP contribution in [0.25, 0.3) is 0 Å². The average molecular weight is 270 g/mol. The van der Waals surface area contributed by atoms with Crippen LogP contribution >= 0.6 is 0 Å². The quantitative estimate of drug-likeness (QED) is 0.549. The van der Waals surface area contributed by atoms with Gasteiger partial charge < -0.3 is 20.4 Å². The molecule has 2 amide bonds. The van der Waals surface area contributed by atoms with E-state index in [1.54, 1.807) is 6.20 Å². The molecule has 1 rings (SSSR count). The Hall–Kier alpha value is -2.58. The zero-order valence-electron chi connectivity index (χ0n) is 10.2. The van der Waals surface area contributed by atoms with Crippen molar-refractivity contribution in [1.82, 2.24) is 20.4 Å². The van der Waals surface area contributed by atoms with Gasteiger partial charge in [-0.3, -0.25) is 9.89 Å². The number of rotatable bonds is 6. The fourth-order valence-electron chi connectivity index (χ4n) is 1.34. The number of nitrogens with zero attached hydrogens (tertiary/aromatic N) is 2. The highest BCUT2D eigenvalue weighted by atomic mass is 16.4. The molecule has 0 fully saturated rings. The Kier molecular flexibility index (Phi) is 4.86. The zero-order valence-corrected chi connectivity index (χ0v) is 10.2. The van der Waals surface area contributed by atoms with Crippen molar-refractivity contribution >= 4 is 18.0 Å². The summed E-state index contributed by atoms with van der Waals surface area (Å²) in [5.74, 6) is -2.70. The van der Waals surface area contributed by atoms with Crippen molar-refractivity contribution in [3.8, 4) is 0 Å². The Labute approximate surface area is 108 Å². The van der Waals surface area contributed by atoms with E-state index in [9.17, 15) is 14.4 Å². The SMILES string of the molecule is CN(Cc1cn[nH]c1)C(=O)N[C@H](CC(=O)O)C(=O)O. The Morgan fingerprint density at radius 2 is 2.16 bits per heavy atom. The minimum Gasteiger partial charge on any atom is -0.481 e. The van der Waals surface area contributed by atoms with E-state index in [1.165, 1.54) is 18.1 Å². The van der Waals surface area contributed by atoms with Crippen LogP contribution in [0.5, 0.6) is 0 Å². The van der Waals surface area contributed by atoms with Gasteiger partial charge in [0.05, 0.1) is 19.2 Å². The molecule has 0 saturated heterocycles. The molecule has 0 aliphatic heterocycles. The lowest BCUT2D eigenvalue weighted by Crippen LogP contribution is -2.47. The van der Waals surface area contributed by atoms with Crippen LogP contribution in [0.15, 0.2) is 12.4 Å². The highest BCUT2D eigenvalue weighted by Crippen LogP contribution is 2.01. The van der Waals surface area contributed by atoms with Crippen LogP contribution in [0, 0.1) is 0 Å². The van der Waals surface area contributed by atoms with Crippen molar-refractivity contribution in [3.05, 3.63) is 18.0 Å². The number of carboxylic acid groups (broad SMARTS) is 2. The molecule has 19 heavy (non-hydrogen) atoms. The van der Waals surface area contributed by atoms with Gasteiger partial charge in [0.2, 0.25) is 0 Å². The van der Waals surface area contributed by atoms with E-state index in [0.717, 1.165) is 5.56 Å². The van der Waals surface area contributed by atoms with Crippen molar-refractivity contribution in [2.75, 3.05) is 7.05 Å². The zero-order chi connectivity index (χ0) is 14.4. The number of amides is 2. The summed E-state index contributed by atoms with van der Waals surface area (Å²) in [6.45, 7) is 0.224. The van der Waals surface area contributed by atoms with Crippen LogP contribution in [0.1, 0.15) is 12.0 Å². The lowest BCUT2D eigenvalue weighted by molar-refractivity contribution is -0.145. The summed E-state index contributed by atoms with van der Waals surface area (Å²) in [4.78, 5) is 34.2. The molecular formula is C10H14N4O5. The van der Waals surface area contributed by atoms with E-state index < -0.39 is 30.4 Å². The normalized spacial score (nSPS) is 11.6. The van der Waals surface area contributed by atoms with Gasteiger partial charge in [-0.15, -0.1) is 0 Å². The number of urea groups is 1. The third kappa shape index (κ3) is 4.66. The van der Waals surface area contributed by atoms with E-state index in [-0.39, 0.29) is 6.54 Å². The summed E-state index contributed by atoms with van der Waals surface area (Å²) < 4.78 is 0. The molecule has 1 atom stereocenters. The van der Waals surface area contributed by atoms with Gasteiger partial charge in [0.25, 0.3) is 0 Å². The molecule has 104 valence electrons. The van der Waals surface area contributed by atoms with Crippen LogP contribution in [-0.4, -0.2) is 56.4 Å². The predicted molar refractivity (Wildman–Crippen MR) is 62.3 cm³/mol. The summed E-state index contributed by atoms with van der Waals surface area (Å²) in [5.41, 5.74) is 0.739. The van der Waals surface area contributed by atoms with Gasteiger partial charge >= 0.3 is 18.0 Å². The maximum atomic E-state index is 11.7. The van der Waals surface area contributed by atoms with Crippen molar-refractivity contribution < 1.29 is 24.6 Å². The number of aromatic nitrogens is 2. The molecular weight excluding hydrogens is 256 g/mol. The molecule has 1 aromatic heterocycles. The fourth-order valence-corrected chi connectivity index (χ4v) is 1.34. The van der Waals surface area contributed by atoms with Crippen molar-refractivity contribution in [2.45, 2.75) is 19.0 Å². The number of aromatic amines is 1. The number of carboxylic acids is 2. The Morgan fingerprint density at radius 3 is 2.63 bits per heavy atom. The molecule has 0 spiro atoms. The molecule has 0 saturated carbocycles. The summed E-state index contributed by atoms with van der Waals surface area (Å²) in [6, 6.07) is -2.13. The van der Waals surface area contributed by atoms with E-state index >= 15 is 0 Å². The van der Waals surface area contributed by atoms with Crippen molar-refractivity contribution in [1.29, 1.82) is 0 Å². The van der Waals surface area contributed by atoms with Gasteiger partial charge in [-0.25, -0.2) is 9.59 Å². The van der Waals surface area contributed by atoms with E-state index in [1.807, 2.05) is 0 Å². The second kappa shape index (κ2) is 6.38. The van der Waals surface area contributed by atoms with Gasteiger partial charge in [-0.05, 0) is 0 Å². The monoisotopic (exact) mass is 270 g/mol. The van der Waals surface area contributed by atoms with Crippen molar-refractivity contribution in [3.63, 3.8) is 0 Å². The van der Waals surface area contributed by atoms with Gasteiger partial charge in [0.1, 0.15) is 6.04 Å². The highest BCUT2D eigenvalue weighted by molar-refractivity contribution is 5.86. The fraction of sp³-hybridized carbons (Fsp3) is 0.400. The first-order chi connectivity index (χ1) is 8.90. The van der Waals surface area contributed by atoms with Gasteiger partial charge in [0.15, 0.2) is 0 Å². The number of carbonyl (C=O) groups is 3. The second-order valence-electron chi connectivity index (χ2n) is 3.90. The van der Waals surface area contributed by atoms with E-state index in [4.69, 9.17) is 10.2 Å². The molecule has 0 aliphatic rings. The molecule has 0 radical (unpaired) electrons. The molecule has 1 aromatic rings. The Balaban J connectivity index is 2.56. The summed E-state index contributed by atoms with van der Waals surface area (Å²) in [5, 5.41) is 25.8. The summed E-state index contributed by atoms with van der Waals surface area (Å²) in [6.07, 6.45) is 2.44. The molecule has 0 unspecified atom stereocenters. The van der Waals surface area contributed by atoms with Crippen molar-refractivity contribution in [2.24, 2.45) is 0 Å². The maximum absolute atomic E-state index is 11.7. The molecule has 0 bridgehead atoms. The largest absolute Gasteiger partial charge is 0.481 e. The number of H-pyrrole nitrogens is 1. The maximum Gasteiger partial charge on any atom is 0.326 e. The van der Waals surface area contributed by atoms with Crippen LogP contribution in [-0.2, 0) is 16.1 Å². The standard InChI is InChI=1S/C10H14N4O5/c1-14(5-6-3-11-12-4-6)10(19)13-7(9(17)18)2-8(15)16/h3-4,7H,2,5H2,1H3,(H,11,12)(H,13,19)(H,15,16)(H,17,18)/t7-/m1/s1. The second-order valence-corrected chi connectivity index (χ2v) is 3.90. The highest BCUT2D eigenvalue weighted by Gasteiger charge is 2.24. The first-order valence-electron chi connectivity index (χ1n) is 5.34. The van der Waals surface area contributed by atoms with Crippen LogP contribution < -0.4 is 5.32 Å². The van der Waals surface area contributed by atoms with Crippen LogP contribution in [0.2, 0.25) is 0 Å². The minimum atomic E-state index is -1.46. The number of nitrogens with one attached hydrogen (secondary N) is 2. The lowest BCUT2D eigenvalue weighted by atomic mass is 10.2. The van der Waals surface area contributed by atoms with E-state index in [0.29, 0.717) is 0 Å². The number of hydrogen-bond donors (Lipinski definition) is 4. The summed E-state index contributed by atoms with van der Waals surface area (Å²) >= 11 is 0. The number of carbonyl (C=O) groups excluding carboxylic acids is 1. The molecule has 0 aliphatic carbocycles. The van der Waals surface area contributed by atoms with Gasteiger partial charge in [-0.1, -0.05) is 0 Å². The molecule has 9 heteroatoms. The number of aliphatic carboxylic acids is 2. The Morgan fingerprint density at radius 1 is 1.47 bits per heavy atom. The summed E-state index contributed by atoms with van der Waals surface area (Å²) in [7, 11) is 1.46. The van der Waals surface area contributed by atoms with E-state index in [2.05, 4.69) is 15.5 Å². The molecule has 0 aromatic carbocycles. The minimum absolute atomic E-state index is 0.224. The third-order valence-electron chi connectivity index (χ3n) is 2.30. The lowest BCUT2D eigenvalue weighted by Gasteiger charge is -2.20. The Bertz CT molecular complexity index is 458. The molecule has 4 N–H and O–H groups in total. The molecule has 9 nitrogen and oxygen atoms in total. The first kappa shape index (κ1) is 14.5. The molecule has 1 heterocycles. The van der Waals surface area contributed by atoms with Gasteiger partial charge in [0, 0.05) is 18.8 Å². The third-order valence-corrected chi connectivity index (χ3v) is 2.30. The predicted octanol–water partition coefficient (Wildman–Crippen LogP) is -0.521. The van der Waals surface area contributed by atoms with Gasteiger partial charge in [-0.2, -0.15) is 5.10 Å². The van der Waals surface area contributed by atoms with Crippen LogP contribution in [0.4, 0.5) is 4.79 Å². The number of hydrogen-bond acceptors (Lipinski definition) is 4.